The van der Waals surface area contributed by atoms with Gasteiger partial charge in [0.15, 0.2) is 0 Å². The number of nitrogens with one attached hydrogen (secondary N) is 2. The first-order chi connectivity index (χ1) is 15.4. The second-order valence-electron chi connectivity index (χ2n) is 7.22. The van der Waals surface area contributed by atoms with E-state index in [4.69, 9.17) is 28.2 Å². The molecule has 0 fully saturated rings. The van der Waals surface area contributed by atoms with Gasteiger partial charge in [-0.25, -0.2) is 4.98 Å². The number of hydrogen-bond acceptors (Lipinski definition) is 3. The Morgan fingerprint density at radius 1 is 1.00 bits per heavy atom. The van der Waals surface area contributed by atoms with Crippen LogP contribution in [0.3, 0.4) is 0 Å². The highest BCUT2D eigenvalue weighted by Gasteiger charge is 2.19. The van der Waals surface area contributed by atoms with E-state index >= 15 is 0 Å². The molecule has 0 saturated heterocycles. The number of para-hydroxylation sites is 2. The van der Waals surface area contributed by atoms with Gasteiger partial charge in [0.05, 0.1) is 21.1 Å². The predicted octanol–water partition coefficient (Wildman–Crippen LogP) is 5.32. The standard InChI is InChI=1S/C24H20Cl2N4O2/c1-14-15(24(32)27-2)7-6-11-18(14)28-21(31)13-30-20-12-4-3-10-19(20)29-23(30)16-8-5-9-17(25)22(16)26/h3-12H,13H2,1-2H3,(H,27,32)(H,28,31). The van der Waals surface area contributed by atoms with Crippen molar-refractivity contribution in [2.75, 3.05) is 12.4 Å². The second kappa shape index (κ2) is 9.02. The van der Waals surface area contributed by atoms with Gasteiger partial charge in [0.1, 0.15) is 12.4 Å². The number of fused-ring (bicyclic) bond motifs is 1. The molecule has 6 nitrogen and oxygen atoms in total. The fraction of sp³-hybridized carbons (Fsp3) is 0.125. The van der Waals surface area contributed by atoms with Gasteiger partial charge in [-0.15, -0.1) is 0 Å². The fourth-order valence-electron chi connectivity index (χ4n) is 3.60. The van der Waals surface area contributed by atoms with Crippen LogP contribution in [0, 0.1) is 6.92 Å². The molecule has 2 N–H and O–H groups in total. The van der Waals surface area contributed by atoms with Crippen molar-refractivity contribution >= 4 is 51.7 Å². The summed E-state index contributed by atoms with van der Waals surface area (Å²) in [5.41, 5.74) is 3.94. The minimum Gasteiger partial charge on any atom is -0.355 e. The zero-order valence-corrected chi connectivity index (χ0v) is 19.0. The summed E-state index contributed by atoms with van der Waals surface area (Å²) in [6.45, 7) is 1.80. The number of halogens is 2. The average molecular weight is 467 g/mol. The van der Waals surface area contributed by atoms with Crippen molar-refractivity contribution in [1.82, 2.24) is 14.9 Å². The van der Waals surface area contributed by atoms with Crippen molar-refractivity contribution in [3.8, 4) is 11.4 Å². The van der Waals surface area contributed by atoms with Gasteiger partial charge < -0.3 is 15.2 Å². The first-order valence-corrected chi connectivity index (χ1v) is 10.7. The zero-order chi connectivity index (χ0) is 22.8. The molecule has 0 unspecified atom stereocenters. The summed E-state index contributed by atoms with van der Waals surface area (Å²) in [6, 6.07) is 18.1. The Labute approximate surface area is 195 Å². The molecular weight excluding hydrogens is 447 g/mol. The van der Waals surface area contributed by atoms with E-state index < -0.39 is 0 Å². The van der Waals surface area contributed by atoms with Gasteiger partial charge in [0, 0.05) is 23.9 Å². The molecule has 32 heavy (non-hydrogen) atoms. The molecular formula is C24H20Cl2N4O2. The van der Waals surface area contributed by atoms with Crippen molar-refractivity contribution in [3.05, 3.63) is 81.8 Å². The number of carbonyl (C=O) groups is 2. The number of anilines is 1. The molecule has 0 aliphatic carbocycles. The third kappa shape index (κ3) is 4.07. The Balaban J connectivity index is 1.71. The normalized spacial score (nSPS) is 10.9. The van der Waals surface area contributed by atoms with Crippen LogP contribution in [0.1, 0.15) is 15.9 Å². The summed E-state index contributed by atoms with van der Waals surface area (Å²) in [5, 5.41) is 6.30. The van der Waals surface area contributed by atoms with E-state index in [9.17, 15) is 9.59 Å². The molecule has 0 aliphatic rings. The van der Waals surface area contributed by atoms with Crippen LogP contribution in [-0.2, 0) is 11.3 Å². The van der Waals surface area contributed by atoms with E-state index in [2.05, 4.69) is 10.6 Å². The molecule has 0 bridgehead atoms. The molecule has 1 aromatic heterocycles. The third-order valence-electron chi connectivity index (χ3n) is 5.23. The minimum absolute atomic E-state index is 0.00231. The summed E-state index contributed by atoms with van der Waals surface area (Å²) in [7, 11) is 1.57. The van der Waals surface area contributed by atoms with Crippen LogP contribution >= 0.6 is 23.2 Å². The van der Waals surface area contributed by atoms with Crippen LogP contribution in [-0.4, -0.2) is 28.4 Å². The molecule has 0 saturated carbocycles. The molecule has 2 amide bonds. The number of imidazole rings is 1. The maximum Gasteiger partial charge on any atom is 0.251 e. The average Bonchev–Trinajstić information content (AvgIpc) is 3.14. The number of hydrogen-bond donors (Lipinski definition) is 2. The number of carbonyl (C=O) groups excluding carboxylic acids is 2. The van der Waals surface area contributed by atoms with Crippen molar-refractivity contribution < 1.29 is 9.59 Å². The van der Waals surface area contributed by atoms with Crippen LogP contribution in [0.5, 0.6) is 0 Å². The number of amides is 2. The molecule has 0 aliphatic heterocycles. The van der Waals surface area contributed by atoms with Gasteiger partial charge in [-0.1, -0.05) is 47.5 Å². The monoisotopic (exact) mass is 466 g/mol. The van der Waals surface area contributed by atoms with Crippen LogP contribution in [0.25, 0.3) is 22.4 Å². The van der Waals surface area contributed by atoms with Gasteiger partial charge in [0.25, 0.3) is 5.91 Å². The van der Waals surface area contributed by atoms with E-state index in [-0.39, 0.29) is 18.4 Å². The molecule has 3 aromatic carbocycles. The van der Waals surface area contributed by atoms with Gasteiger partial charge in [-0.05, 0) is 48.9 Å². The Kier molecular flexibility index (Phi) is 6.17. The lowest BCUT2D eigenvalue weighted by atomic mass is 10.1. The maximum atomic E-state index is 13.0. The molecule has 0 radical (unpaired) electrons. The first kappa shape index (κ1) is 21.9. The van der Waals surface area contributed by atoms with Crippen molar-refractivity contribution in [2.24, 2.45) is 0 Å². The molecule has 4 aromatic rings. The highest BCUT2D eigenvalue weighted by Crippen LogP contribution is 2.34. The number of rotatable bonds is 5. The predicted molar refractivity (Wildman–Crippen MR) is 128 cm³/mol. The molecule has 162 valence electrons. The van der Waals surface area contributed by atoms with Gasteiger partial charge in [-0.3, -0.25) is 9.59 Å². The highest BCUT2D eigenvalue weighted by atomic mass is 35.5. The number of benzene rings is 3. The van der Waals surface area contributed by atoms with E-state index in [0.717, 1.165) is 11.0 Å². The lowest BCUT2D eigenvalue weighted by molar-refractivity contribution is -0.116. The van der Waals surface area contributed by atoms with Crippen molar-refractivity contribution in [1.29, 1.82) is 0 Å². The quantitative estimate of drug-likeness (QED) is 0.417. The summed E-state index contributed by atoms with van der Waals surface area (Å²) in [6.07, 6.45) is 0. The summed E-state index contributed by atoms with van der Waals surface area (Å²) in [5.74, 6) is 0.0754. The van der Waals surface area contributed by atoms with E-state index in [1.165, 1.54) is 0 Å². The SMILES string of the molecule is CNC(=O)c1cccc(NC(=O)Cn2c(-c3cccc(Cl)c3Cl)nc3ccccc32)c1C. The fourth-order valence-corrected chi connectivity index (χ4v) is 3.99. The van der Waals surface area contributed by atoms with Gasteiger partial charge >= 0.3 is 0 Å². The first-order valence-electron chi connectivity index (χ1n) is 9.92. The number of aromatic nitrogens is 2. The minimum atomic E-state index is -0.260. The highest BCUT2D eigenvalue weighted by molar-refractivity contribution is 6.43. The van der Waals surface area contributed by atoms with Gasteiger partial charge in [0.2, 0.25) is 5.91 Å². The Bertz CT molecular complexity index is 1350. The Hall–Kier alpha value is -3.35. The van der Waals surface area contributed by atoms with E-state index in [1.807, 2.05) is 30.3 Å². The summed E-state index contributed by atoms with van der Waals surface area (Å²) in [4.78, 5) is 29.8. The van der Waals surface area contributed by atoms with Gasteiger partial charge in [-0.2, -0.15) is 0 Å². The van der Waals surface area contributed by atoms with E-state index in [1.54, 1.807) is 48.9 Å². The lowest BCUT2D eigenvalue weighted by Crippen LogP contribution is -2.22. The molecule has 1 heterocycles. The van der Waals surface area contributed by atoms with Crippen LogP contribution in [0.15, 0.2) is 60.7 Å². The molecule has 0 spiro atoms. The topological polar surface area (TPSA) is 76.0 Å². The second-order valence-corrected chi connectivity index (χ2v) is 8.00. The molecule has 0 atom stereocenters. The smallest absolute Gasteiger partial charge is 0.251 e. The van der Waals surface area contributed by atoms with Crippen LogP contribution in [0.4, 0.5) is 5.69 Å². The van der Waals surface area contributed by atoms with Crippen LogP contribution < -0.4 is 10.6 Å². The zero-order valence-electron chi connectivity index (χ0n) is 17.4. The largest absolute Gasteiger partial charge is 0.355 e. The van der Waals surface area contributed by atoms with Crippen molar-refractivity contribution in [3.63, 3.8) is 0 Å². The van der Waals surface area contributed by atoms with Crippen LogP contribution in [0.2, 0.25) is 10.0 Å². The third-order valence-corrected chi connectivity index (χ3v) is 6.05. The Morgan fingerprint density at radius 2 is 1.75 bits per heavy atom. The Morgan fingerprint density at radius 3 is 2.53 bits per heavy atom. The summed E-state index contributed by atoms with van der Waals surface area (Å²) < 4.78 is 1.81. The van der Waals surface area contributed by atoms with E-state index in [0.29, 0.717) is 38.2 Å². The van der Waals surface area contributed by atoms with Crippen molar-refractivity contribution in [2.45, 2.75) is 13.5 Å². The lowest BCUT2D eigenvalue weighted by Gasteiger charge is -2.14. The molecule has 8 heteroatoms. The molecule has 4 rings (SSSR count). The summed E-state index contributed by atoms with van der Waals surface area (Å²) >= 11 is 12.7. The maximum absolute atomic E-state index is 13.0. The number of nitrogens with zero attached hydrogens (tertiary/aromatic N) is 2.